The van der Waals surface area contributed by atoms with E-state index >= 15 is 0 Å². The van der Waals surface area contributed by atoms with E-state index < -0.39 is 5.97 Å². The molecule has 0 spiro atoms. The van der Waals surface area contributed by atoms with Gasteiger partial charge in [-0.3, -0.25) is 14.6 Å². The maximum Gasteiger partial charge on any atom is 0.303 e. The van der Waals surface area contributed by atoms with E-state index in [9.17, 15) is 9.59 Å². The van der Waals surface area contributed by atoms with Crippen molar-refractivity contribution in [3.8, 4) is 5.75 Å². The number of pyridine rings is 2. The Kier molecular flexibility index (Phi) is 8.83. The Balaban J connectivity index is 0.00000342. The number of carboxylic acids is 1. The number of ether oxygens (including phenoxy) is 1. The summed E-state index contributed by atoms with van der Waals surface area (Å²) in [6.45, 7) is 2.30. The second kappa shape index (κ2) is 12.0. The number of carboxylic acid groups (broad SMARTS) is 1. The van der Waals surface area contributed by atoms with Crippen LogP contribution >= 0.6 is 0 Å². The third-order valence-electron chi connectivity index (χ3n) is 6.14. The number of benzene rings is 1. The lowest BCUT2D eigenvalue weighted by atomic mass is 9.95. The Morgan fingerprint density at radius 1 is 1.14 bits per heavy atom. The number of fused-ring (bicyclic) bond motifs is 1. The molecule has 35 heavy (non-hydrogen) atoms. The molecule has 3 aromatic rings. The third kappa shape index (κ3) is 6.59. The molecule has 2 aromatic heterocycles. The first-order chi connectivity index (χ1) is 16.5. The molecular formula is C26H33N5O4. The van der Waals surface area contributed by atoms with E-state index in [1.807, 2.05) is 24.3 Å². The molecule has 9 nitrogen and oxygen atoms in total. The number of rotatable bonds is 9. The van der Waals surface area contributed by atoms with Crippen molar-refractivity contribution < 1.29 is 19.4 Å². The number of carbonyl (C=O) groups excluding carboxylic acids is 1. The third-order valence-corrected chi connectivity index (χ3v) is 6.14. The Morgan fingerprint density at radius 2 is 1.89 bits per heavy atom. The molecule has 4 rings (SSSR count). The van der Waals surface area contributed by atoms with Gasteiger partial charge in [-0.2, -0.15) is 0 Å². The van der Waals surface area contributed by atoms with Crippen molar-refractivity contribution in [2.45, 2.75) is 33.1 Å². The normalized spacial score (nSPS) is 13.8. The molecule has 3 heterocycles. The van der Waals surface area contributed by atoms with Gasteiger partial charge < -0.3 is 25.8 Å². The van der Waals surface area contributed by atoms with Crippen LogP contribution in [0.2, 0.25) is 0 Å². The number of hydrogen-bond acceptors (Lipinski definition) is 7. The van der Waals surface area contributed by atoms with Gasteiger partial charge in [0.1, 0.15) is 18.2 Å². The van der Waals surface area contributed by atoms with Crippen LogP contribution in [0, 0.1) is 5.92 Å². The Morgan fingerprint density at radius 3 is 2.60 bits per heavy atom. The van der Waals surface area contributed by atoms with Crippen LogP contribution in [0.3, 0.4) is 0 Å². The molecule has 0 bridgehead atoms. The van der Waals surface area contributed by atoms with Crippen molar-refractivity contribution in [3.63, 3.8) is 0 Å². The first-order valence-electron chi connectivity index (χ1n) is 11.5. The highest BCUT2D eigenvalue weighted by Crippen LogP contribution is 2.29. The van der Waals surface area contributed by atoms with Gasteiger partial charge in [-0.15, -0.1) is 0 Å². The number of nitrogens with zero attached hydrogens (tertiary/aromatic N) is 3. The Labute approximate surface area is 205 Å². The number of hydrogen-bond donors (Lipinski definition) is 3. The molecule has 4 N–H and O–H groups in total. The van der Waals surface area contributed by atoms with Gasteiger partial charge in [0.25, 0.3) is 0 Å². The average Bonchev–Trinajstić information content (AvgIpc) is 2.86. The summed E-state index contributed by atoms with van der Waals surface area (Å²) in [7, 11) is 0. The number of aliphatic carboxylic acids is 1. The number of aryl methyl sites for hydroxylation is 1. The van der Waals surface area contributed by atoms with Crippen LogP contribution in [0.5, 0.6) is 5.75 Å². The second-order valence-corrected chi connectivity index (χ2v) is 8.38. The number of aromatic nitrogens is 2. The number of anilines is 2. The van der Waals surface area contributed by atoms with Crippen LogP contribution in [-0.2, 0) is 16.0 Å². The first kappa shape index (κ1) is 25.7. The molecule has 1 amide bonds. The molecule has 1 saturated heterocycles. The van der Waals surface area contributed by atoms with Crippen LogP contribution in [0.1, 0.15) is 32.3 Å². The minimum atomic E-state index is -0.873. The first-order valence-corrected chi connectivity index (χ1v) is 11.5. The number of nitrogens with two attached hydrogens (primary N) is 1. The van der Waals surface area contributed by atoms with Crippen molar-refractivity contribution in [1.29, 1.82) is 0 Å². The molecule has 1 aromatic carbocycles. The van der Waals surface area contributed by atoms with Crippen LogP contribution in [0.4, 0.5) is 11.5 Å². The van der Waals surface area contributed by atoms with Gasteiger partial charge in [-0.25, -0.2) is 4.98 Å². The lowest BCUT2D eigenvalue weighted by Crippen LogP contribution is -2.41. The number of carbonyl (C=O) groups is 2. The molecule has 9 heteroatoms. The second-order valence-electron chi connectivity index (χ2n) is 8.38. The molecular weight excluding hydrogens is 446 g/mol. The standard InChI is InChI=1S/C25H29N5O4.CH4/c26-24-21-16-22(19(1-2-23(31)32)15-18(21)3-10-28-24)34-14-11-29-25(33)17-6-12-30(13-7-17)20-4-8-27-9-5-20;/h3-5,8-10,15-17H,1-2,6-7,11-14H2,(H2,26,28)(H,29,33)(H,31,32);1H4. The van der Waals surface area contributed by atoms with Crippen LogP contribution in [-0.4, -0.2) is 53.2 Å². The molecule has 0 atom stereocenters. The van der Waals surface area contributed by atoms with Gasteiger partial charge in [0.05, 0.1) is 6.54 Å². The van der Waals surface area contributed by atoms with Gasteiger partial charge in [0.2, 0.25) is 5.91 Å². The van der Waals surface area contributed by atoms with E-state index in [1.165, 1.54) is 0 Å². The highest BCUT2D eigenvalue weighted by Gasteiger charge is 2.24. The Hall–Kier alpha value is -3.88. The van der Waals surface area contributed by atoms with Crippen molar-refractivity contribution in [2.75, 3.05) is 36.9 Å². The molecule has 1 aliphatic rings. The van der Waals surface area contributed by atoms with Crippen molar-refractivity contribution in [3.05, 3.63) is 54.5 Å². The summed E-state index contributed by atoms with van der Waals surface area (Å²) >= 11 is 0. The van der Waals surface area contributed by atoms with E-state index in [4.69, 9.17) is 15.6 Å². The number of amides is 1. The largest absolute Gasteiger partial charge is 0.491 e. The number of nitrogens with one attached hydrogen (secondary N) is 1. The SMILES string of the molecule is C.Nc1nccc2cc(CCC(=O)O)c(OCCNC(=O)C3CCN(c4ccncc4)CC3)cc12. The Bertz CT molecular complexity index is 1150. The van der Waals surface area contributed by atoms with E-state index in [2.05, 4.69) is 20.2 Å². The fourth-order valence-electron chi connectivity index (χ4n) is 4.28. The maximum atomic E-state index is 12.6. The summed E-state index contributed by atoms with van der Waals surface area (Å²) in [5, 5.41) is 13.7. The maximum absolute atomic E-state index is 12.6. The summed E-state index contributed by atoms with van der Waals surface area (Å²) in [5.74, 6) is 0.0984. The molecule has 1 aliphatic heterocycles. The quantitative estimate of drug-likeness (QED) is 0.399. The van der Waals surface area contributed by atoms with Crippen LogP contribution in [0.15, 0.2) is 48.9 Å². The van der Waals surface area contributed by atoms with Gasteiger partial charge in [0, 0.05) is 55.1 Å². The summed E-state index contributed by atoms with van der Waals surface area (Å²) in [4.78, 5) is 34.1. The monoisotopic (exact) mass is 479 g/mol. The average molecular weight is 480 g/mol. The van der Waals surface area contributed by atoms with E-state index in [-0.39, 0.29) is 32.3 Å². The van der Waals surface area contributed by atoms with E-state index in [0.717, 1.165) is 48.0 Å². The zero-order chi connectivity index (χ0) is 23.9. The van der Waals surface area contributed by atoms with Gasteiger partial charge in [-0.05, 0) is 60.5 Å². The minimum absolute atomic E-state index is 0. The lowest BCUT2D eigenvalue weighted by Gasteiger charge is -2.32. The molecule has 0 aliphatic carbocycles. The minimum Gasteiger partial charge on any atom is -0.491 e. The molecule has 0 unspecified atom stereocenters. The highest BCUT2D eigenvalue weighted by molar-refractivity contribution is 5.92. The summed E-state index contributed by atoms with van der Waals surface area (Å²) < 4.78 is 5.94. The number of nitrogen functional groups attached to an aromatic ring is 1. The topological polar surface area (TPSA) is 131 Å². The molecule has 1 fully saturated rings. The summed E-state index contributed by atoms with van der Waals surface area (Å²) in [6.07, 6.45) is 7.11. The predicted molar refractivity (Wildman–Crippen MR) is 137 cm³/mol. The smallest absolute Gasteiger partial charge is 0.303 e. The molecule has 0 saturated carbocycles. The summed E-state index contributed by atoms with van der Waals surface area (Å²) in [6, 6.07) is 9.49. The van der Waals surface area contributed by atoms with Gasteiger partial charge >= 0.3 is 5.97 Å². The van der Waals surface area contributed by atoms with Gasteiger partial charge in [0.15, 0.2) is 0 Å². The van der Waals surface area contributed by atoms with Crippen molar-refractivity contribution in [2.24, 2.45) is 5.92 Å². The van der Waals surface area contributed by atoms with Crippen LogP contribution < -0.4 is 20.7 Å². The van der Waals surface area contributed by atoms with Crippen molar-refractivity contribution >= 4 is 34.2 Å². The van der Waals surface area contributed by atoms with Crippen molar-refractivity contribution in [1.82, 2.24) is 15.3 Å². The molecule has 186 valence electrons. The molecule has 0 radical (unpaired) electrons. The van der Waals surface area contributed by atoms with Gasteiger partial charge in [-0.1, -0.05) is 7.43 Å². The zero-order valence-electron chi connectivity index (χ0n) is 18.9. The van der Waals surface area contributed by atoms with E-state index in [0.29, 0.717) is 24.5 Å². The number of piperidine rings is 1. The fraction of sp³-hybridized carbons (Fsp3) is 0.385. The summed E-state index contributed by atoms with van der Waals surface area (Å²) in [5.41, 5.74) is 7.92. The fourth-order valence-corrected chi connectivity index (χ4v) is 4.28. The van der Waals surface area contributed by atoms with E-state index in [1.54, 1.807) is 24.7 Å². The van der Waals surface area contributed by atoms with Crippen LogP contribution in [0.25, 0.3) is 10.8 Å². The highest BCUT2D eigenvalue weighted by atomic mass is 16.5. The lowest BCUT2D eigenvalue weighted by molar-refractivity contribution is -0.137. The predicted octanol–water partition coefficient (Wildman–Crippen LogP) is 3.28. The zero-order valence-corrected chi connectivity index (χ0v) is 18.9.